The molecule has 0 unspecified atom stereocenters. The van der Waals surface area contributed by atoms with Gasteiger partial charge < -0.3 is 14.8 Å². The number of ether oxygens (including phenoxy) is 2. The van der Waals surface area contributed by atoms with Gasteiger partial charge in [-0.05, 0) is 67.6 Å². The molecule has 0 fully saturated rings. The van der Waals surface area contributed by atoms with Gasteiger partial charge in [-0.15, -0.1) is 0 Å². The maximum atomic E-state index is 12.6. The Morgan fingerprint density at radius 3 is 2.03 bits per heavy atom. The van der Waals surface area contributed by atoms with E-state index < -0.39 is 21.9 Å². The van der Waals surface area contributed by atoms with Crippen LogP contribution in [-0.2, 0) is 19.6 Å². The lowest BCUT2D eigenvalue weighted by Gasteiger charge is -2.10. The zero-order chi connectivity index (χ0) is 23.1. The second kappa shape index (κ2) is 9.97. The quantitative estimate of drug-likeness (QED) is 0.503. The second-order valence-electron chi connectivity index (χ2n) is 6.84. The fourth-order valence-electron chi connectivity index (χ4n) is 2.66. The molecule has 166 valence electrons. The fraction of sp³-hybridized carbons (Fsp3) is 0.130. The molecule has 8 nitrogen and oxygen atoms in total. The van der Waals surface area contributed by atoms with Crippen molar-refractivity contribution in [2.75, 3.05) is 23.8 Å². The summed E-state index contributed by atoms with van der Waals surface area (Å²) in [4.78, 5) is 23.6. The van der Waals surface area contributed by atoms with Crippen molar-refractivity contribution in [3.8, 4) is 5.75 Å². The standard InChI is InChI=1S/C23H22N2O6S/c1-16-3-7-19(8-4-16)25-32(28,29)21-13-5-17(6-14-21)23(27)24-18-9-11-20(12-10-18)31-15-22(26)30-2/h3-14,25H,15H2,1-2H3,(H,24,27). The van der Waals surface area contributed by atoms with Crippen molar-refractivity contribution in [2.45, 2.75) is 11.8 Å². The molecule has 0 saturated carbocycles. The van der Waals surface area contributed by atoms with Gasteiger partial charge in [-0.1, -0.05) is 17.7 Å². The molecule has 0 spiro atoms. The molecule has 0 aromatic heterocycles. The molecule has 0 bridgehead atoms. The van der Waals surface area contributed by atoms with E-state index in [-0.39, 0.29) is 11.5 Å². The van der Waals surface area contributed by atoms with Crippen molar-refractivity contribution < 1.29 is 27.5 Å². The van der Waals surface area contributed by atoms with Crippen LogP contribution in [0.1, 0.15) is 15.9 Å². The summed E-state index contributed by atoms with van der Waals surface area (Å²) in [6, 6.07) is 19.0. The number of sulfonamides is 1. The first-order valence-electron chi connectivity index (χ1n) is 9.57. The van der Waals surface area contributed by atoms with Gasteiger partial charge in [0.25, 0.3) is 15.9 Å². The molecule has 0 aliphatic carbocycles. The molecular weight excluding hydrogens is 432 g/mol. The van der Waals surface area contributed by atoms with E-state index in [1.165, 1.54) is 31.4 Å². The van der Waals surface area contributed by atoms with E-state index in [9.17, 15) is 18.0 Å². The van der Waals surface area contributed by atoms with Gasteiger partial charge >= 0.3 is 5.97 Å². The highest BCUT2D eigenvalue weighted by molar-refractivity contribution is 7.92. The summed E-state index contributed by atoms with van der Waals surface area (Å²) in [5.74, 6) is -0.449. The minimum Gasteiger partial charge on any atom is -0.482 e. The molecule has 0 aliphatic heterocycles. The minimum absolute atomic E-state index is 0.0433. The van der Waals surface area contributed by atoms with Crippen LogP contribution < -0.4 is 14.8 Å². The van der Waals surface area contributed by atoms with E-state index in [4.69, 9.17) is 4.74 Å². The minimum atomic E-state index is -3.77. The Labute approximate surface area is 186 Å². The molecule has 0 aliphatic rings. The van der Waals surface area contributed by atoms with E-state index in [0.29, 0.717) is 22.7 Å². The van der Waals surface area contributed by atoms with Crippen LogP contribution in [0.25, 0.3) is 0 Å². The van der Waals surface area contributed by atoms with Crippen molar-refractivity contribution in [2.24, 2.45) is 0 Å². The molecule has 9 heteroatoms. The Morgan fingerprint density at radius 1 is 0.844 bits per heavy atom. The molecular formula is C23H22N2O6S. The SMILES string of the molecule is COC(=O)COc1ccc(NC(=O)c2ccc(S(=O)(=O)Nc3ccc(C)cc3)cc2)cc1. The highest BCUT2D eigenvalue weighted by atomic mass is 32.2. The van der Waals surface area contributed by atoms with Gasteiger partial charge in [0.1, 0.15) is 5.75 Å². The summed E-state index contributed by atoms with van der Waals surface area (Å²) in [5, 5.41) is 2.71. The van der Waals surface area contributed by atoms with Gasteiger partial charge in [0.15, 0.2) is 6.61 Å². The van der Waals surface area contributed by atoms with Crippen LogP contribution in [0.4, 0.5) is 11.4 Å². The number of carbonyl (C=O) groups excluding carboxylic acids is 2. The molecule has 0 heterocycles. The van der Waals surface area contributed by atoms with Gasteiger partial charge in [0, 0.05) is 16.9 Å². The zero-order valence-electron chi connectivity index (χ0n) is 17.5. The number of nitrogens with one attached hydrogen (secondary N) is 2. The van der Waals surface area contributed by atoms with Crippen molar-refractivity contribution in [3.05, 3.63) is 83.9 Å². The van der Waals surface area contributed by atoms with Gasteiger partial charge in [-0.3, -0.25) is 9.52 Å². The number of anilines is 2. The summed E-state index contributed by atoms with van der Waals surface area (Å²) < 4.78 is 37.4. The third-order valence-corrected chi connectivity index (χ3v) is 5.82. The van der Waals surface area contributed by atoms with Crippen LogP contribution >= 0.6 is 0 Å². The van der Waals surface area contributed by atoms with Gasteiger partial charge in [-0.2, -0.15) is 0 Å². The van der Waals surface area contributed by atoms with Crippen LogP contribution in [0.3, 0.4) is 0 Å². The molecule has 3 aromatic carbocycles. The average molecular weight is 455 g/mol. The topological polar surface area (TPSA) is 111 Å². The van der Waals surface area contributed by atoms with Gasteiger partial charge in [-0.25, -0.2) is 13.2 Å². The largest absolute Gasteiger partial charge is 0.482 e. The number of methoxy groups -OCH3 is 1. The Morgan fingerprint density at radius 2 is 1.44 bits per heavy atom. The van der Waals surface area contributed by atoms with Crippen LogP contribution in [0.2, 0.25) is 0 Å². The second-order valence-corrected chi connectivity index (χ2v) is 8.52. The molecule has 0 atom stereocenters. The number of amides is 1. The van der Waals surface area contributed by atoms with E-state index >= 15 is 0 Å². The monoisotopic (exact) mass is 454 g/mol. The van der Waals surface area contributed by atoms with Crippen molar-refractivity contribution in [1.82, 2.24) is 0 Å². The highest BCUT2D eigenvalue weighted by Gasteiger charge is 2.15. The third-order valence-electron chi connectivity index (χ3n) is 4.43. The summed E-state index contributed by atoms with van der Waals surface area (Å²) in [7, 11) is -2.50. The first-order chi connectivity index (χ1) is 15.3. The lowest BCUT2D eigenvalue weighted by atomic mass is 10.2. The Bertz CT molecular complexity index is 1190. The zero-order valence-corrected chi connectivity index (χ0v) is 18.3. The van der Waals surface area contributed by atoms with Crippen LogP contribution in [0, 0.1) is 6.92 Å². The molecule has 2 N–H and O–H groups in total. The van der Waals surface area contributed by atoms with E-state index in [2.05, 4.69) is 14.8 Å². The maximum Gasteiger partial charge on any atom is 0.343 e. The summed E-state index contributed by atoms with van der Waals surface area (Å²) >= 11 is 0. The van der Waals surface area contributed by atoms with Crippen molar-refractivity contribution >= 4 is 33.3 Å². The summed E-state index contributed by atoms with van der Waals surface area (Å²) in [6.45, 7) is 1.70. The maximum absolute atomic E-state index is 12.6. The third kappa shape index (κ3) is 6.08. The smallest absolute Gasteiger partial charge is 0.343 e. The number of carbonyl (C=O) groups is 2. The lowest BCUT2D eigenvalue weighted by molar-refractivity contribution is -0.142. The average Bonchev–Trinajstić information content (AvgIpc) is 2.80. The molecule has 0 saturated heterocycles. The van der Waals surface area contributed by atoms with E-state index in [0.717, 1.165) is 5.56 Å². The first-order valence-corrected chi connectivity index (χ1v) is 11.1. The molecule has 3 aromatic rings. The number of hydrogen-bond acceptors (Lipinski definition) is 6. The number of benzene rings is 3. The Balaban J connectivity index is 1.62. The van der Waals surface area contributed by atoms with Crippen molar-refractivity contribution in [3.63, 3.8) is 0 Å². The molecule has 1 amide bonds. The summed E-state index contributed by atoms with van der Waals surface area (Å²) in [5.41, 5.74) is 2.28. The highest BCUT2D eigenvalue weighted by Crippen LogP contribution is 2.19. The molecule has 0 radical (unpaired) electrons. The normalized spacial score (nSPS) is 10.8. The van der Waals surface area contributed by atoms with Crippen LogP contribution in [-0.4, -0.2) is 34.0 Å². The predicted octanol–water partition coefficient (Wildman–Crippen LogP) is 3.60. The number of aryl methyl sites for hydroxylation is 1. The van der Waals surface area contributed by atoms with Crippen LogP contribution in [0.15, 0.2) is 77.7 Å². The molecule has 3 rings (SSSR count). The fourth-order valence-corrected chi connectivity index (χ4v) is 3.72. The number of esters is 1. The van der Waals surface area contributed by atoms with E-state index in [1.807, 2.05) is 19.1 Å². The number of rotatable bonds is 8. The predicted molar refractivity (Wildman–Crippen MR) is 120 cm³/mol. The first kappa shape index (κ1) is 22.8. The van der Waals surface area contributed by atoms with Gasteiger partial charge in [0.05, 0.1) is 12.0 Å². The van der Waals surface area contributed by atoms with Crippen LogP contribution in [0.5, 0.6) is 5.75 Å². The van der Waals surface area contributed by atoms with E-state index in [1.54, 1.807) is 36.4 Å². The lowest BCUT2D eigenvalue weighted by Crippen LogP contribution is -2.15. The Hall–Kier alpha value is -3.85. The molecule has 32 heavy (non-hydrogen) atoms. The Kier molecular flexibility index (Phi) is 7.11. The summed E-state index contributed by atoms with van der Waals surface area (Å²) in [6.07, 6.45) is 0. The number of hydrogen-bond donors (Lipinski definition) is 2. The van der Waals surface area contributed by atoms with Crippen molar-refractivity contribution in [1.29, 1.82) is 0 Å². The van der Waals surface area contributed by atoms with Gasteiger partial charge in [0.2, 0.25) is 0 Å².